The van der Waals surface area contributed by atoms with Crippen LogP contribution in [0.5, 0.6) is 11.5 Å². The second-order valence-electron chi connectivity index (χ2n) is 5.13. The molecule has 0 amide bonds. The van der Waals surface area contributed by atoms with Gasteiger partial charge in [0.05, 0.1) is 14.2 Å². The molecule has 0 aliphatic carbocycles. The van der Waals surface area contributed by atoms with Gasteiger partial charge in [0.1, 0.15) is 0 Å². The first-order chi connectivity index (χ1) is 10.2. The van der Waals surface area contributed by atoms with E-state index in [-0.39, 0.29) is 0 Å². The lowest BCUT2D eigenvalue weighted by Gasteiger charge is -2.14. The highest BCUT2D eigenvalue weighted by molar-refractivity contribution is 5.42. The van der Waals surface area contributed by atoms with Gasteiger partial charge in [0.25, 0.3) is 0 Å². The maximum Gasteiger partial charge on any atom is 0.161 e. The molecule has 0 aliphatic heterocycles. The molecule has 3 heteroatoms. The minimum Gasteiger partial charge on any atom is -0.493 e. The number of ether oxygens (including phenoxy) is 2. The van der Waals surface area contributed by atoms with Crippen molar-refractivity contribution in [3.8, 4) is 11.5 Å². The van der Waals surface area contributed by atoms with E-state index in [0.717, 1.165) is 24.6 Å². The highest BCUT2D eigenvalue weighted by Crippen LogP contribution is 2.27. The third kappa shape index (κ3) is 4.23. The SMILES string of the molecule is COc1ccc(CNCC(C)c2ccccc2)cc1OC. The summed E-state index contributed by atoms with van der Waals surface area (Å²) in [6.45, 7) is 3.99. The normalized spacial score (nSPS) is 12.0. The van der Waals surface area contributed by atoms with E-state index in [1.807, 2.05) is 18.2 Å². The smallest absolute Gasteiger partial charge is 0.161 e. The van der Waals surface area contributed by atoms with Crippen LogP contribution in [0.3, 0.4) is 0 Å². The molecule has 0 saturated heterocycles. The monoisotopic (exact) mass is 285 g/mol. The lowest BCUT2D eigenvalue weighted by atomic mass is 10.0. The van der Waals surface area contributed by atoms with Crippen molar-refractivity contribution < 1.29 is 9.47 Å². The molecule has 2 aromatic carbocycles. The van der Waals surface area contributed by atoms with E-state index in [4.69, 9.17) is 9.47 Å². The first kappa shape index (κ1) is 15.4. The largest absolute Gasteiger partial charge is 0.493 e. The first-order valence-electron chi connectivity index (χ1n) is 7.21. The summed E-state index contributed by atoms with van der Waals surface area (Å²) in [5.74, 6) is 2.03. The van der Waals surface area contributed by atoms with Crippen molar-refractivity contribution in [3.05, 3.63) is 59.7 Å². The van der Waals surface area contributed by atoms with Crippen LogP contribution in [0.1, 0.15) is 24.0 Å². The fourth-order valence-corrected chi connectivity index (χ4v) is 2.32. The van der Waals surface area contributed by atoms with Crippen molar-refractivity contribution in [2.24, 2.45) is 0 Å². The number of hydrogen-bond donors (Lipinski definition) is 1. The fourth-order valence-electron chi connectivity index (χ4n) is 2.32. The summed E-state index contributed by atoms with van der Waals surface area (Å²) < 4.78 is 10.6. The van der Waals surface area contributed by atoms with Gasteiger partial charge in [-0.15, -0.1) is 0 Å². The standard InChI is InChI=1S/C18H23NO2/c1-14(16-7-5-4-6-8-16)12-19-13-15-9-10-17(20-2)18(11-15)21-3/h4-11,14,19H,12-13H2,1-3H3. The van der Waals surface area contributed by atoms with Gasteiger partial charge in [-0.3, -0.25) is 0 Å². The van der Waals surface area contributed by atoms with Gasteiger partial charge in [0.2, 0.25) is 0 Å². The number of benzene rings is 2. The maximum atomic E-state index is 5.32. The molecule has 3 nitrogen and oxygen atoms in total. The Hall–Kier alpha value is -2.00. The van der Waals surface area contributed by atoms with Gasteiger partial charge in [-0.25, -0.2) is 0 Å². The fraction of sp³-hybridized carbons (Fsp3) is 0.333. The van der Waals surface area contributed by atoms with Gasteiger partial charge in [0.15, 0.2) is 11.5 Å². The lowest BCUT2D eigenvalue weighted by molar-refractivity contribution is 0.354. The molecule has 1 atom stereocenters. The Kier molecular flexibility index (Phi) is 5.64. The number of hydrogen-bond acceptors (Lipinski definition) is 3. The van der Waals surface area contributed by atoms with Crippen molar-refractivity contribution in [1.82, 2.24) is 5.32 Å². The van der Waals surface area contributed by atoms with E-state index in [2.05, 4.69) is 42.6 Å². The van der Waals surface area contributed by atoms with E-state index in [1.165, 1.54) is 11.1 Å². The maximum absolute atomic E-state index is 5.32. The summed E-state index contributed by atoms with van der Waals surface area (Å²) in [6.07, 6.45) is 0. The Morgan fingerprint density at radius 2 is 1.67 bits per heavy atom. The van der Waals surface area contributed by atoms with Crippen LogP contribution in [0.25, 0.3) is 0 Å². The van der Waals surface area contributed by atoms with E-state index >= 15 is 0 Å². The van der Waals surface area contributed by atoms with Crippen molar-refractivity contribution in [2.75, 3.05) is 20.8 Å². The molecule has 0 saturated carbocycles. The summed E-state index contributed by atoms with van der Waals surface area (Å²) in [5, 5.41) is 3.49. The van der Waals surface area contributed by atoms with Crippen LogP contribution >= 0.6 is 0 Å². The van der Waals surface area contributed by atoms with E-state index in [0.29, 0.717) is 5.92 Å². The molecule has 2 rings (SSSR count). The molecule has 0 bridgehead atoms. The summed E-state index contributed by atoms with van der Waals surface area (Å²) in [7, 11) is 3.31. The molecule has 0 fully saturated rings. The van der Waals surface area contributed by atoms with Crippen LogP contribution in [0.4, 0.5) is 0 Å². The molecule has 2 aromatic rings. The predicted octanol–water partition coefficient (Wildman–Crippen LogP) is 3.60. The average molecular weight is 285 g/mol. The minimum atomic E-state index is 0.492. The molecule has 21 heavy (non-hydrogen) atoms. The van der Waals surface area contributed by atoms with E-state index < -0.39 is 0 Å². The van der Waals surface area contributed by atoms with Crippen molar-refractivity contribution in [3.63, 3.8) is 0 Å². The molecule has 0 spiro atoms. The Balaban J connectivity index is 1.89. The van der Waals surface area contributed by atoms with Crippen molar-refractivity contribution in [2.45, 2.75) is 19.4 Å². The summed E-state index contributed by atoms with van der Waals surface area (Å²) in [6, 6.07) is 16.6. The van der Waals surface area contributed by atoms with Crippen molar-refractivity contribution >= 4 is 0 Å². The molecule has 0 heterocycles. The quantitative estimate of drug-likeness (QED) is 0.843. The zero-order chi connectivity index (χ0) is 15.1. The van der Waals surface area contributed by atoms with Crippen LogP contribution in [-0.4, -0.2) is 20.8 Å². The zero-order valence-corrected chi connectivity index (χ0v) is 12.9. The second kappa shape index (κ2) is 7.70. The number of methoxy groups -OCH3 is 2. The third-order valence-electron chi connectivity index (χ3n) is 3.60. The van der Waals surface area contributed by atoms with E-state index in [1.54, 1.807) is 14.2 Å². The average Bonchev–Trinajstić information content (AvgIpc) is 2.55. The number of rotatable bonds is 7. The topological polar surface area (TPSA) is 30.5 Å². The molecule has 1 N–H and O–H groups in total. The van der Waals surface area contributed by atoms with E-state index in [9.17, 15) is 0 Å². The third-order valence-corrected chi connectivity index (χ3v) is 3.60. The molecule has 0 aromatic heterocycles. The van der Waals surface area contributed by atoms with Crippen LogP contribution in [0, 0.1) is 0 Å². The Morgan fingerprint density at radius 3 is 2.33 bits per heavy atom. The minimum absolute atomic E-state index is 0.492. The molecule has 0 aliphatic rings. The highest BCUT2D eigenvalue weighted by Gasteiger charge is 2.06. The summed E-state index contributed by atoms with van der Waals surface area (Å²) in [4.78, 5) is 0. The molecular weight excluding hydrogens is 262 g/mol. The van der Waals surface area contributed by atoms with Gasteiger partial charge < -0.3 is 14.8 Å². The van der Waals surface area contributed by atoms with Gasteiger partial charge in [-0.05, 0) is 29.2 Å². The van der Waals surface area contributed by atoms with Crippen LogP contribution < -0.4 is 14.8 Å². The Labute approximate surface area is 126 Å². The zero-order valence-electron chi connectivity index (χ0n) is 12.9. The Bertz CT molecular complexity index is 554. The van der Waals surface area contributed by atoms with Crippen molar-refractivity contribution in [1.29, 1.82) is 0 Å². The Morgan fingerprint density at radius 1 is 0.952 bits per heavy atom. The summed E-state index contributed by atoms with van der Waals surface area (Å²) in [5.41, 5.74) is 2.55. The van der Waals surface area contributed by atoms with Crippen LogP contribution in [0.15, 0.2) is 48.5 Å². The molecule has 0 radical (unpaired) electrons. The molecular formula is C18H23NO2. The number of nitrogens with one attached hydrogen (secondary N) is 1. The highest BCUT2D eigenvalue weighted by atomic mass is 16.5. The van der Waals surface area contributed by atoms with Crippen LogP contribution in [-0.2, 0) is 6.54 Å². The van der Waals surface area contributed by atoms with Gasteiger partial charge in [0, 0.05) is 13.1 Å². The molecule has 112 valence electrons. The van der Waals surface area contributed by atoms with Gasteiger partial charge in [-0.1, -0.05) is 43.3 Å². The molecule has 1 unspecified atom stereocenters. The lowest BCUT2D eigenvalue weighted by Crippen LogP contribution is -2.19. The second-order valence-corrected chi connectivity index (χ2v) is 5.13. The van der Waals surface area contributed by atoms with Gasteiger partial charge >= 0.3 is 0 Å². The first-order valence-corrected chi connectivity index (χ1v) is 7.21. The summed E-state index contributed by atoms with van der Waals surface area (Å²) >= 11 is 0. The predicted molar refractivity (Wildman–Crippen MR) is 86.1 cm³/mol. The van der Waals surface area contributed by atoms with Gasteiger partial charge in [-0.2, -0.15) is 0 Å². The van der Waals surface area contributed by atoms with Crippen LogP contribution in [0.2, 0.25) is 0 Å².